The zero-order chi connectivity index (χ0) is 11.2. The maximum Gasteiger partial charge on any atom is 0.416 e. The van der Waals surface area contributed by atoms with E-state index >= 15 is 0 Å². The van der Waals surface area contributed by atoms with Crippen molar-refractivity contribution in [1.82, 2.24) is 0 Å². The number of ether oxygens (including phenoxy) is 1. The molecule has 0 radical (unpaired) electrons. The lowest BCUT2D eigenvalue weighted by molar-refractivity contribution is -0.137. The van der Waals surface area contributed by atoms with Gasteiger partial charge >= 0.3 is 12.1 Å². The quantitative estimate of drug-likeness (QED) is 0.676. The fourth-order valence-corrected chi connectivity index (χ4v) is 1.36. The Balaban J connectivity index is 2.52. The number of fused-ring (bicyclic) bond motifs is 1. The van der Waals surface area contributed by atoms with Crippen LogP contribution in [0.4, 0.5) is 13.2 Å². The summed E-state index contributed by atoms with van der Waals surface area (Å²) < 4.78 is 41.2. The number of aliphatic hydroxyl groups excluding tert-OH is 1. The van der Waals surface area contributed by atoms with Crippen molar-refractivity contribution in [3.8, 4) is 0 Å². The Bertz CT molecular complexity index is 425. The van der Waals surface area contributed by atoms with E-state index in [2.05, 4.69) is 4.74 Å². The molecule has 6 heteroatoms. The van der Waals surface area contributed by atoms with Gasteiger partial charge in [-0.15, -0.1) is 0 Å². The summed E-state index contributed by atoms with van der Waals surface area (Å²) in [6.45, 7) is 0. The minimum Gasteiger partial charge on any atom is -0.428 e. The van der Waals surface area contributed by atoms with Gasteiger partial charge in [-0.2, -0.15) is 13.2 Å². The molecule has 1 aromatic rings. The fourth-order valence-electron chi connectivity index (χ4n) is 1.36. The maximum atomic E-state index is 12.3. The van der Waals surface area contributed by atoms with Crippen LogP contribution < -0.4 is 0 Å². The summed E-state index contributed by atoms with van der Waals surface area (Å²) in [5.74, 6) is -0.814. The first kappa shape index (κ1) is 9.97. The van der Waals surface area contributed by atoms with Gasteiger partial charge in [0.25, 0.3) is 0 Å². The van der Waals surface area contributed by atoms with Crippen LogP contribution in [0.3, 0.4) is 0 Å². The van der Waals surface area contributed by atoms with Gasteiger partial charge in [0, 0.05) is 5.56 Å². The molecule has 0 spiro atoms. The lowest BCUT2D eigenvalue weighted by atomic mass is 10.1. The first-order valence-electron chi connectivity index (χ1n) is 4.00. The molecule has 80 valence electrons. The predicted octanol–water partition coefficient (Wildman–Crippen LogP) is 1.87. The molecule has 0 saturated carbocycles. The molecular weight excluding hydrogens is 213 g/mol. The number of hydrogen-bond acceptors (Lipinski definition) is 3. The van der Waals surface area contributed by atoms with Gasteiger partial charge in [-0.1, -0.05) is 0 Å². The van der Waals surface area contributed by atoms with Gasteiger partial charge in [-0.25, -0.2) is 4.79 Å². The van der Waals surface area contributed by atoms with Crippen molar-refractivity contribution >= 4 is 5.97 Å². The zero-order valence-corrected chi connectivity index (χ0v) is 7.21. The third-order valence-electron chi connectivity index (χ3n) is 2.08. The van der Waals surface area contributed by atoms with Crippen LogP contribution >= 0.6 is 0 Å². The van der Waals surface area contributed by atoms with Crippen molar-refractivity contribution in [2.45, 2.75) is 12.5 Å². The molecule has 1 aliphatic heterocycles. The third-order valence-corrected chi connectivity index (χ3v) is 2.08. The van der Waals surface area contributed by atoms with Gasteiger partial charge in [0.15, 0.2) is 0 Å². The molecule has 1 heterocycles. The van der Waals surface area contributed by atoms with Gasteiger partial charge in [0.05, 0.1) is 11.1 Å². The fraction of sp³-hybridized carbons (Fsp3) is 0.222. The highest BCUT2D eigenvalue weighted by molar-refractivity contribution is 5.93. The minimum atomic E-state index is -4.50. The third kappa shape index (κ3) is 1.56. The Labute approximate surface area is 82.1 Å². The predicted molar refractivity (Wildman–Crippen MR) is 41.8 cm³/mol. The van der Waals surface area contributed by atoms with Crippen LogP contribution in [0.1, 0.15) is 27.8 Å². The average Bonchev–Trinajstić information content (AvgIpc) is 2.41. The van der Waals surface area contributed by atoms with Crippen LogP contribution in [0, 0.1) is 0 Å². The van der Waals surface area contributed by atoms with E-state index in [4.69, 9.17) is 5.11 Å². The lowest BCUT2D eigenvalue weighted by Crippen LogP contribution is -2.06. The van der Waals surface area contributed by atoms with Gasteiger partial charge in [0.2, 0.25) is 6.29 Å². The number of halogens is 3. The monoisotopic (exact) mass is 218 g/mol. The molecular formula is C9H5F3O3. The van der Waals surface area contributed by atoms with Crippen molar-refractivity contribution in [3.63, 3.8) is 0 Å². The van der Waals surface area contributed by atoms with Crippen molar-refractivity contribution in [3.05, 3.63) is 34.9 Å². The summed E-state index contributed by atoms with van der Waals surface area (Å²) >= 11 is 0. The Morgan fingerprint density at radius 3 is 2.60 bits per heavy atom. The number of rotatable bonds is 0. The summed E-state index contributed by atoms with van der Waals surface area (Å²) in [7, 11) is 0. The van der Waals surface area contributed by atoms with Crippen LogP contribution in [0.5, 0.6) is 0 Å². The molecule has 1 N–H and O–H groups in total. The number of esters is 1. The lowest BCUT2D eigenvalue weighted by Gasteiger charge is -2.08. The van der Waals surface area contributed by atoms with Gasteiger partial charge in [-0.3, -0.25) is 0 Å². The molecule has 1 aromatic carbocycles. The Morgan fingerprint density at radius 1 is 1.33 bits per heavy atom. The van der Waals surface area contributed by atoms with Crippen molar-refractivity contribution in [2.24, 2.45) is 0 Å². The highest BCUT2D eigenvalue weighted by Crippen LogP contribution is 2.35. The topological polar surface area (TPSA) is 46.5 Å². The van der Waals surface area contributed by atoms with Gasteiger partial charge in [0.1, 0.15) is 0 Å². The summed E-state index contributed by atoms with van der Waals surface area (Å²) in [5.41, 5.74) is -1.09. The molecule has 15 heavy (non-hydrogen) atoms. The first-order chi connectivity index (χ1) is 6.89. The van der Waals surface area contributed by atoms with E-state index in [0.29, 0.717) is 6.07 Å². The second-order valence-electron chi connectivity index (χ2n) is 3.06. The van der Waals surface area contributed by atoms with Crippen LogP contribution in [-0.2, 0) is 10.9 Å². The summed E-state index contributed by atoms with van der Waals surface area (Å²) in [6.07, 6.45) is -6.10. The molecule has 1 atom stereocenters. The standard InChI is InChI=1S/C9H5F3O3/c10-9(11,12)4-1-2-5-6(3-4)8(14)15-7(5)13/h1-3,8,14H. The largest absolute Gasteiger partial charge is 0.428 e. The summed E-state index contributed by atoms with van der Waals surface area (Å²) in [6, 6.07) is 2.49. The summed E-state index contributed by atoms with van der Waals surface area (Å²) in [5, 5.41) is 9.13. The van der Waals surface area contributed by atoms with Crippen LogP contribution in [-0.4, -0.2) is 11.1 Å². The van der Waals surface area contributed by atoms with Crippen molar-refractivity contribution < 1.29 is 27.8 Å². The number of cyclic esters (lactones) is 1. The normalized spacial score (nSPS) is 20.0. The molecule has 1 aliphatic rings. The molecule has 0 aliphatic carbocycles. The number of hydrogen-bond donors (Lipinski definition) is 1. The molecule has 0 saturated heterocycles. The van der Waals surface area contributed by atoms with E-state index in [-0.39, 0.29) is 11.1 Å². The Morgan fingerprint density at radius 2 is 2.00 bits per heavy atom. The van der Waals surface area contributed by atoms with E-state index in [0.717, 1.165) is 12.1 Å². The second-order valence-corrected chi connectivity index (χ2v) is 3.06. The average molecular weight is 218 g/mol. The number of aliphatic hydroxyl groups is 1. The minimum absolute atomic E-state index is 0.0319. The van der Waals surface area contributed by atoms with E-state index in [1.807, 2.05) is 0 Å². The molecule has 2 rings (SSSR count). The summed E-state index contributed by atoms with van der Waals surface area (Å²) in [4.78, 5) is 11.0. The highest BCUT2D eigenvalue weighted by Gasteiger charge is 2.35. The van der Waals surface area contributed by atoms with Crippen LogP contribution in [0.2, 0.25) is 0 Å². The van der Waals surface area contributed by atoms with Crippen molar-refractivity contribution in [1.29, 1.82) is 0 Å². The highest BCUT2D eigenvalue weighted by atomic mass is 19.4. The SMILES string of the molecule is O=C1OC(O)c2cc(C(F)(F)F)ccc21. The smallest absolute Gasteiger partial charge is 0.416 e. The van der Waals surface area contributed by atoms with E-state index in [1.165, 1.54) is 0 Å². The van der Waals surface area contributed by atoms with Crippen LogP contribution in [0.25, 0.3) is 0 Å². The number of benzene rings is 1. The Hall–Kier alpha value is -1.56. The molecule has 1 unspecified atom stereocenters. The molecule has 0 bridgehead atoms. The van der Waals surface area contributed by atoms with Crippen molar-refractivity contribution in [2.75, 3.05) is 0 Å². The first-order valence-corrected chi connectivity index (χ1v) is 4.00. The second kappa shape index (κ2) is 2.96. The Kier molecular flexibility index (Phi) is 1.97. The molecule has 0 fully saturated rings. The zero-order valence-electron chi connectivity index (χ0n) is 7.21. The maximum absolute atomic E-state index is 12.3. The number of carbonyl (C=O) groups is 1. The van der Waals surface area contributed by atoms with E-state index in [1.54, 1.807) is 0 Å². The van der Waals surface area contributed by atoms with Gasteiger partial charge in [-0.05, 0) is 18.2 Å². The number of alkyl halides is 3. The molecule has 0 amide bonds. The molecule has 3 nitrogen and oxygen atoms in total. The molecule has 0 aromatic heterocycles. The van der Waals surface area contributed by atoms with E-state index < -0.39 is 24.0 Å². The van der Waals surface area contributed by atoms with E-state index in [9.17, 15) is 18.0 Å². The number of carbonyl (C=O) groups excluding carboxylic acids is 1. The van der Waals surface area contributed by atoms with Gasteiger partial charge < -0.3 is 9.84 Å². The van der Waals surface area contributed by atoms with Crippen LogP contribution in [0.15, 0.2) is 18.2 Å².